The van der Waals surface area contributed by atoms with Gasteiger partial charge in [0, 0.05) is 59.6 Å². The van der Waals surface area contributed by atoms with Crippen molar-refractivity contribution in [3.8, 4) is 0 Å². The molecule has 155 valence electrons. The van der Waals surface area contributed by atoms with Gasteiger partial charge in [-0.1, -0.05) is 6.07 Å². The zero-order valence-corrected chi connectivity index (χ0v) is 21.0. The van der Waals surface area contributed by atoms with Gasteiger partial charge in [-0.25, -0.2) is 14.5 Å². The summed E-state index contributed by atoms with van der Waals surface area (Å²) in [6.07, 6.45) is 6.78. The first-order valence-electron chi connectivity index (χ1n) is 10.1. The Kier molecular flexibility index (Phi) is 6.31. The van der Waals surface area contributed by atoms with E-state index in [0.29, 0.717) is 6.54 Å². The summed E-state index contributed by atoms with van der Waals surface area (Å²) in [5.74, 6) is 0. The third kappa shape index (κ3) is 4.08. The first kappa shape index (κ1) is 22.2. The monoisotopic (exact) mass is 455 g/mol. The van der Waals surface area contributed by atoms with Crippen LogP contribution >= 0.6 is 11.3 Å². The quantitative estimate of drug-likeness (QED) is 0.693. The summed E-state index contributed by atoms with van der Waals surface area (Å²) in [6, 6.07) is 1.58. The van der Waals surface area contributed by atoms with E-state index in [1.54, 1.807) is 0 Å². The molecule has 2 aliphatic carbocycles. The van der Waals surface area contributed by atoms with Gasteiger partial charge in [-0.2, -0.15) is 8.42 Å². The Bertz CT molecular complexity index is 1080. The van der Waals surface area contributed by atoms with Gasteiger partial charge in [-0.15, -0.1) is 11.3 Å². The fourth-order valence-corrected chi connectivity index (χ4v) is 7.08. The average molecular weight is 456 g/mol. The number of amides is 2. The number of hydrogen-bond donors (Lipinski definition) is 2. The molecule has 3 aliphatic rings. The Hall–Kier alpha value is -0.970. The Labute approximate surface area is 203 Å². The second-order valence-electron chi connectivity index (χ2n) is 8.13. The van der Waals surface area contributed by atoms with E-state index in [9.17, 15) is 13.2 Å². The zero-order valence-electron chi connectivity index (χ0n) is 17.4. The molecule has 1 radical (unpaired) electrons. The molecular formula is C20H24N4NaO3S2. The molecule has 0 fully saturated rings. The number of aryl methyl sites for hydroxylation is 2. The fourth-order valence-electron chi connectivity index (χ4n) is 4.69. The van der Waals surface area contributed by atoms with Gasteiger partial charge in [0.05, 0.1) is 5.69 Å². The first-order valence-corrected chi connectivity index (χ1v) is 12.4. The molecule has 2 aromatic rings. The van der Waals surface area contributed by atoms with E-state index in [1.807, 2.05) is 7.05 Å². The molecule has 5 rings (SSSR count). The number of hydrogen-bond acceptors (Lipinski definition) is 6. The number of likely N-dealkylation sites (N-methyl/N-ethyl adjacent to an activating group) is 1. The number of carbonyl (C=O) groups excluding carboxylic acids is 1. The second-order valence-corrected chi connectivity index (χ2v) is 11.1. The third-order valence-electron chi connectivity index (χ3n) is 6.07. The van der Waals surface area contributed by atoms with Crippen molar-refractivity contribution in [2.24, 2.45) is 0 Å². The zero-order chi connectivity index (χ0) is 20.2. The van der Waals surface area contributed by atoms with Gasteiger partial charge >= 0.3 is 6.03 Å². The number of nitrogens with one attached hydrogen (secondary N) is 2. The molecule has 30 heavy (non-hydrogen) atoms. The number of nitrogens with zero attached hydrogens (tertiary/aromatic N) is 2. The molecule has 0 spiro atoms. The summed E-state index contributed by atoms with van der Waals surface area (Å²) in [6.45, 7) is 1.55. The average Bonchev–Trinajstić information content (AvgIpc) is 3.39. The van der Waals surface area contributed by atoms with Crippen molar-refractivity contribution in [3.63, 3.8) is 0 Å². The summed E-state index contributed by atoms with van der Waals surface area (Å²) in [4.78, 5) is 20.0. The number of thiazole rings is 1. The van der Waals surface area contributed by atoms with Crippen LogP contribution in [0.5, 0.6) is 0 Å². The van der Waals surface area contributed by atoms with E-state index in [0.717, 1.165) is 79.1 Å². The van der Waals surface area contributed by atoms with Crippen LogP contribution in [0.3, 0.4) is 0 Å². The first-order chi connectivity index (χ1) is 13.9. The van der Waals surface area contributed by atoms with Gasteiger partial charge < -0.3 is 10.2 Å². The smallest absolute Gasteiger partial charge is 0.307 e. The van der Waals surface area contributed by atoms with Crippen LogP contribution in [0, 0.1) is 0 Å². The number of fused-ring (bicyclic) bond motifs is 3. The Morgan fingerprint density at radius 2 is 1.77 bits per heavy atom. The number of sulfonamides is 1. The Morgan fingerprint density at radius 1 is 1.10 bits per heavy atom. The molecule has 2 amide bonds. The van der Waals surface area contributed by atoms with Crippen LogP contribution in [-0.4, -0.2) is 67.5 Å². The molecule has 1 aliphatic heterocycles. The maximum Gasteiger partial charge on any atom is 0.333 e. The molecule has 1 aromatic heterocycles. The van der Waals surface area contributed by atoms with Crippen molar-refractivity contribution in [3.05, 3.63) is 38.9 Å². The maximum atomic E-state index is 12.8. The van der Waals surface area contributed by atoms with Gasteiger partial charge in [0.1, 0.15) is 0 Å². The third-order valence-corrected chi connectivity index (χ3v) is 8.86. The van der Waals surface area contributed by atoms with Gasteiger partial charge in [0.25, 0.3) is 10.0 Å². The summed E-state index contributed by atoms with van der Waals surface area (Å²) >= 11 is 1.15. The predicted octanol–water partition coefficient (Wildman–Crippen LogP) is 2.24. The van der Waals surface area contributed by atoms with E-state index in [1.165, 1.54) is 22.3 Å². The molecule has 0 unspecified atom stereocenters. The molecule has 0 atom stereocenters. The number of anilines is 1. The summed E-state index contributed by atoms with van der Waals surface area (Å²) in [5.41, 5.74) is 6.59. The minimum absolute atomic E-state index is 0. The standard InChI is InChI=1S/C20H24N4O3S2.Na/c1-24-9-8-16-17(11-24)28-20(21-16)29(26,27)23-19(25)22-18-14-6-2-4-12(14)10-13-5-3-7-15(13)18;/h10H,2-9,11H2,1H3,(H2,22,23,25);. The van der Waals surface area contributed by atoms with Crippen molar-refractivity contribution in [1.82, 2.24) is 14.6 Å². The molecule has 10 heteroatoms. The number of urea groups is 1. The van der Waals surface area contributed by atoms with E-state index >= 15 is 0 Å². The van der Waals surface area contributed by atoms with E-state index in [-0.39, 0.29) is 33.9 Å². The SMILES string of the molecule is CN1CCc2nc(S(=O)(=O)NC(=O)Nc3c4c(cc5c3CCC5)CCC4)sc2C1.[Na]. The fraction of sp³-hybridized carbons (Fsp3) is 0.500. The molecule has 0 saturated heterocycles. The Morgan fingerprint density at radius 3 is 2.43 bits per heavy atom. The molecule has 7 nitrogen and oxygen atoms in total. The van der Waals surface area contributed by atoms with Crippen LogP contribution < -0.4 is 10.0 Å². The number of rotatable bonds is 3. The van der Waals surface area contributed by atoms with E-state index < -0.39 is 16.1 Å². The van der Waals surface area contributed by atoms with Gasteiger partial charge in [-0.3, -0.25) is 0 Å². The van der Waals surface area contributed by atoms with Gasteiger partial charge in [-0.05, 0) is 67.8 Å². The van der Waals surface area contributed by atoms with Crippen molar-refractivity contribution in [2.75, 3.05) is 18.9 Å². The van der Waals surface area contributed by atoms with Crippen LogP contribution in [0.25, 0.3) is 0 Å². The van der Waals surface area contributed by atoms with Crippen molar-refractivity contribution < 1.29 is 13.2 Å². The van der Waals surface area contributed by atoms with Crippen molar-refractivity contribution >= 4 is 62.6 Å². The molecule has 2 heterocycles. The Balaban J connectivity index is 0.00000218. The molecule has 1 aromatic carbocycles. The van der Waals surface area contributed by atoms with Crippen molar-refractivity contribution in [2.45, 2.75) is 55.8 Å². The summed E-state index contributed by atoms with van der Waals surface area (Å²) in [7, 11) is -1.99. The normalized spacial score (nSPS) is 17.6. The largest absolute Gasteiger partial charge is 0.333 e. The number of carbonyl (C=O) groups is 1. The molecule has 2 N–H and O–H groups in total. The minimum atomic E-state index is -3.99. The van der Waals surface area contributed by atoms with Crippen molar-refractivity contribution in [1.29, 1.82) is 0 Å². The number of benzene rings is 1. The maximum absolute atomic E-state index is 12.8. The van der Waals surface area contributed by atoms with Crippen LogP contribution in [0.1, 0.15) is 45.7 Å². The number of aromatic nitrogens is 1. The van der Waals surface area contributed by atoms with E-state index in [2.05, 4.69) is 26.0 Å². The van der Waals surface area contributed by atoms with Gasteiger partial charge in [0.15, 0.2) is 0 Å². The molecule has 0 saturated carbocycles. The van der Waals surface area contributed by atoms with Gasteiger partial charge in [0.2, 0.25) is 4.34 Å². The van der Waals surface area contributed by atoms with Crippen LogP contribution in [0.15, 0.2) is 10.4 Å². The van der Waals surface area contributed by atoms with Crippen LogP contribution in [0.4, 0.5) is 10.5 Å². The molecule has 0 bridgehead atoms. The second kappa shape index (κ2) is 8.52. The summed E-state index contributed by atoms with van der Waals surface area (Å²) in [5, 5.41) is 2.88. The minimum Gasteiger partial charge on any atom is -0.307 e. The molecular weight excluding hydrogens is 431 g/mol. The summed E-state index contributed by atoms with van der Waals surface area (Å²) < 4.78 is 27.7. The predicted molar refractivity (Wildman–Crippen MR) is 118 cm³/mol. The van der Waals surface area contributed by atoms with Crippen LogP contribution in [0.2, 0.25) is 0 Å². The van der Waals surface area contributed by atoms with Crippen LogP contribution in [-0.2, 0) is 48.7 Å². The van der Waals surface area contributed by atoms with E-state index in [4.69, 9.17) is 0 Å². The topological polar surface area (TPSA) is 91.4 Å².